The van der Waals surface area contributed by atoms with Gasteiger partial charge in [-0.3, -0.25) is 0 Å². The molecule has 4 nitrogen and oxygen atoms in total. The first kappa shape index (κ1) is 18.2. The van der Waals surface area contributed by atoms with Crippen molar-refractivity contribution in [2.24, 2.45) is 0 Å². The number of likely N-dealkylation sites (tertiary alicyclic amines) is 1. The molecule has 1 amide bonds. The summed E-state index contributed by atoms with van der Waals surface area (Å²) in [5, 5.41) is 4.51. The van der Waals surface area contributed by atoms with Crippen molar-refractivity contribution in [1.29, 1.82) is 0 Å². The largest absolute Gasteiger partial charge is 0.444 e. The lowest BCUT2D eigenvalue weighted by Crippen LogP contribution is -2.48. The van der Waals surface area contributed by atoms with Crippen LogP contribution >= 0.6 is 23.2 Å². The number of carbonyl (C=O) groups excluding carboxylic acids is 1. The number of ether oxygens (including phenoxy) is 1. The van der Waals surface area contributed by atoms with Crippen LogP contribution in [-0.2, 0) is 4.74 Å². The molecule has 1 saturated heterocycles. The van der Waals surface area contributed by atoms with Crippen molar-refractivity contribution in [3.05, 3.63) is 28.2 Å². The second kappa shape index (κ2) is 7.63. The Balaban J connectivity index is 1.99. The summed E-state index contributed by atoms with van der Waals surface area (Å²) in [5.74, 6) is 0. The van der Waals surface area contributed by atoms with E-state index < -0.39 is 5.60 Å². The molecule has 1 aliphatic rings. The molecule has 0 saturated carbocycles. The zero-order valence-electron chi connectivity index (χ0n) is 13.9. The molecule has 0 aliphatic carbocycles. The van der Waals surface area contributed by atoms with Gasteiger partial charge in [-0.25, -0.2) is 4.79 Å². The van der Waals surface area contributed by atoms with Gasteiger partial charge in [0.2, 0.25) is 0 Å². The number of hydrogen-bond donors (Lipinski definition) is 1. The highest BCUT2D eigenvalue weighted by atomic mass is 35.5. The molecule has 1 unspecified atom stereocenters. The summed E-state index contributed by atoms with van der Waals surface area (Å²) >= 11 is 12.0. The van der Waals surface area contributed by atoms with E-state index in [4.69, 9.17) is 27.9 Å². The van der Waals surface area contributed by atoms with Gasteiger partial charge in [-0.15, -0.1) is 0 Å². The number of nitrogens with one attached hydrogen (secondary N) is 1. The molecule has 0 radical (unpaired) electrons. The van der Waals surface area contributed by atoms with Gasteiger partial charge in [0.15, 0.2) is 0 Å². The van der Waals surface area contributed by atoms with Crippen molar-refractivity contribution in [2.75, 3.05) is 18.4 Å². The first-order valence-corrected chi connectivity index (χ1v) is 8.70. The molecule has 1 N–H and O–H groups in total. The molecule has 0 spiro atoms. The van der Waals surface area contributed by atoms with Crippen LogP contribution in [0.15, 0.2) is 18.2 Å². The van der Waals surface area contributed by atoms with Crippen LogP contribution in [0.3, 0.4) is 0 Å². The molecule has 128 valence electrons. The highest BCUT2D eigenvalue weighted by molar-refractivity contribution is 6.35. The maximum atomic E-state index is 12.4. The van der Waals surface area contributed by atoms with Gasteiger partial charge >= 0.3 is 6.09 Å². The zero-order valence-corrected chi connectivity index (χ0v) is 15.4. The Labute approximate surface area is 148 Å². The fraction of sp³-hybridized carbons (Fsp3) is 0.588. The molecule has 23 heavy (non-hydrogen) atoms. The molecule has 1 aromatic rings. The van der Waals surface area contributed by atoms with Crippen LogP contribution in [0, 0.1) is 0 Å². The Bertz CT molecular complexity index is 538. The van der Waals surface area contributed by atoms with E-state index in [9.17, 15) is 4.79 Å². The molecular weight excluding hydrogens is 335 g/mol. The number of piperidine rings is 1. The van der Waals surface area contributed by atoms with Crippen LogP contribution < -0.4 is 5.32 Å². The van der Waals surface area contributed by atoms with E-state index in [1.54, 1.807) is 6.07 Å². The molecule has 0 aromatic heterocycles. The molecule has 1 fully saturated rings. The molecular formula is C17H24Cl2N2O2. The summed E-state index contributed by atoms with van der Waals surface area (Å²) in [7, 11) is 0. The Hall–Kier alpha value is -1.13. The van der Waals surface area contributed by atoms with E-state index >= 15 is 0 Å². The van der Waals surface area contributed by atoms with E-state index in [2.05, 4.69) is 5.32 Å². The van der Waals surface area contributed by atoms with Crippen molar-refractivity contribution < 1.29 is 9.53 Å². The predicted octanol–water partition coefficient (Wildman–Crippen LogP) is 5.19. The van der Waals surface area contributed by atoms with Gasteiger partial charge in [0.05, 0.1) is 6.04 Å². The average molecular weight is 359 g/mol. The Morgan fingerprint density at radius 3 is 2.52 bits per heavy atom. The number of nitrogens with zero attached hydrogens (tertiary/aromatic N) is 1. The molecule has 1 atom stereocenters. The van der Waals surface area contributed by atoms with Gasteiger partial charge in [-0.2, -0.15) is 0 Å². The number of amides is 1. The second-order valence-corrected chi connectivity index (χ2v) is 7.74. The minimum Gasteiger partial charge on any atom is -0.444 e. The first-order valence-electron chi connectivity index (χ1n) is 7.94. The Morgan fingerprint density at radius 1 is 1.26 bits per heavy atom. The van der Waals surface area contributed by atoms with Crippen LogP contribution in [0.1, 0.15) is 40.0 Å². The van der Waals surface area contributed by atoms with Crippen LogP contribution in [0.2, 0.25) is 10.0 Å². The molecule has 0 bridgehead atoms. The lowest BCUT2D eigenvalue weighted by atomic mass is 10.0. The van der Waals surface area contributed by atoms with Crippen molar-refractivity contribution in [1.82, 2.24) is 4.90 Å². The minimum atomic E-state index is -0.479. The molecule has 1 aromatic carbocycles. The van der Waals surface area contributed by atoms with Crippen LogP contribution in [-0.4, -0.2) is 35.7 Å². The third-order valence-electron chi connectivity index (χ3n) is 3.66. The summed E-state index contributed by atoms with van der Waals surface area (Å²) in [6, 6.07) is 5.46. The Kier molecular flexibility index (Phi) is 6.04. The minimum absolute atomic E-state index is 0.108. The van der Waals surface area contributed by atoms with Gasteiger partial charge in [-0.1, -0.05) is 23.2 Å². The standard InChI is InChI=1S/C17H24Cl2N2O2/c1-17(2,3)23-16(22)21-7-5-4-6-15(21)11-20-14-9-12(18)8-13(19)10-14/h8-10,15,20H,4-7,11H2,1-3H3. The maximum absolute atomic E-state index is 12.4. The monoisotopic (exact) mass is 358 g/mol. The number of carbonyl (C=O) groups is 1. The zero-order chi connectivity index (χ0) is 17.0. The van der Waals surface area contributed by atoms with Crippen molar-refractivity contribution >= 4 is 35.0 Å². The number of hydrogen-bond acceptors (Lipinski definition) is 3. The average Bonchev–Trinajstić information content (AvgIpc) is 2.42. The third kappa shape index (κ3) is 5.78. The van der Waals surface area contributed by atoms with E-state index in [0.29, 0.717) is 16.6 Å². The molecule has 1 heterocycles. The highest BCUT2D eigenvalue weighted by Gasteiger charge is 2.30. The molecule has 1 aliphatic heterocycles. The van der Waals surface area contributed by atoms with Gasteiger partial charge in [-0.05, 0) is 58.2 Å². The highest BCUT2D eigenvalue weighted by Crippen LogP contribution is 2.24. The SMILES string of the molecule is CC(C)(C)OC(=O)N1CCCCC1CNc1cc(Cl)cc(Cl)c1. The fourth-order valence-electron chi connectivity index (χ4n) is 2.67. The van der Waals surface area contributed by atoms with Crippen LogP contribution in [0.4, 0.5) is 10.5 Å². The number of halogens is 2. The topological polar surface area (TPSA) is 41.6 Å². The van der Waals surface area contributed by atoms with Crippen molar-refractivity contribution in [2.45, 2.75) is 51.7 Å². The summed E-state index contributed by atoms with van der Waals surface area (Å²) in [6.07, 6.45) is 2.84. The molecule has 6 heteroatoms. The normalized spacial score (nSPS) is 18.7. The van der Waals surface area contributed by atoms with Gasteiger partial charge < -0.3 is 15.0 Å². The predicted molar refractivity (Wildman–Crippen MR) is 95.5 cm³/mol. The lowest BCUT2D eigenvalue weighted by Gasteiger charge is -2.37. The quantitative estimate of drug-likeness (QED) is 0.807. The summed E-state index contributed by atoms with van der Waals surface area (Å²) < 4.78 is 5.51. The maximum Gasteiger partial charge on any atom is 0.410 e. The number of benzene rings is 1. The van der Waals surface area contributed by atoms with E-state index in [1.807, 2.05) is 37.8 Å². The van der Waals surface area contributed by atoms with E-state index in [-0.39, 0.29) is 12.1 Å². The van der Waals surface area contributed by atoms with Crippen molar-refractivity contribution in [3.63, 3.8) is 0 Å². The van der Waals surface area contributed by atoms with Gasteiger partial charge in [0, 0.05) is 28.8 Å². The van der Waals surface area contributed by atoms with Crippen LogP contribution in [0.5, 0.6) is 0 Å². The van der Waals surface area contributed by atoms with Gasteiger partial charge in [0.25, 0.3) is 0 Å². The van der Waals surface area contributed by atoms with E-state index in [0.717, 1.165) is 31.5 Å². The lowest BCUT2D eigenvalue weighted by molar-refractivity contribution is 0.0114. The summed E-state index contributed by atoms with van der Waals surface area (Å²) in [6.45, 7) is 7.04. The third-order valence-corrected chi connectivity index (χ3v) is 4.10. The summed E-state index contributed by atoms with van der Waals surface area (Å²) in [5.41, 5.74) is 0.379. The second-order valence-electron chi connectivity index (χ2n) is 6.86. The van der Waals surface area contributed by atoms with Crippen molar-refractivity contribution in [3.8, 4) is 0 Å². The smallest absolute Gasteiger partial charge is 0.410 e. The van der Waals surface area contributed by atoms with E-state index in [1.165, 1.54) is 0 Å². The first-order chi connectivity index (χ1) is 10.7. The fourth-order valence-corrected chi connectivity index (χ4v) is 3.19. The van der Waals surface area contributed by atoms with Crippen LogP contribution in [0.25, 0.3) is 0 Å². The summed E-state index contributed by atoms with van der Waals surface area (Å²) in [4.78, 5) is 14.2. The Morgan fingerprint density at radius 2 is 1.91 bits per heavy atom. The van der Waals surface area contributed by atoms with Gasteiger partial charge in [0.1, 0.15) is 5.60 Å². The molecule has 2 rings (SSSR count). The number of rotatable bonds is 3. The number of anilines is 1.